The number of nitrogens with zero attached hydrogens (tertiary/aromatic N) is 1. The molecule has 2 atom stereocenters. The van der Waals surface area contributed by atoms with E-state index in [4.69, 9.17) is 4.74 Å². The van der Waals surface area contributed by atoms with Crippen LogP contribution < -0.4 is 4.90 Å². The second-order valence-electron chi connectivity index (χ2n) is 5.65. The molecule has 5 nitrogen and oxygen atoms in total. The van der Waals surface area contributed by atoms with Gasteiger partial charge in [-0.2, -0.15) is 0 Å². The number of rotatable bonds is 4. The Labute approximate surface area is 134 Å². The molecule has 0 unspecified atom stereocenters. The number of β-amino-alcohol motifs (C(OH)–C–C–N with tert-alkyl or cyclic N) is 2. The van der Waals surface area contributed by atoms with Gasteiger partial charge in [0.25, 0.3) is 0 Å². The molecule has 1 fully saturated rings. The van der Waals surface area contributed by atoms with E-state index in [2.05, 4.69) is 0 Å². The predicted octanol–water partition coefficient (Wildman–Crippen LogP) is 1.59. The minimum atomic E-state index is -0.731. The second-order valence-corrected chi connectivity index (χ2v) is 5.65. The summed E-state index contributed by atoms with van der Waals surface area (Å²) in [6, 6.07) is 16.5. The van der Waals surface area contributed by atoms with Crippen LogP contribution in [0, 0.1) is 0 Å². The minimum Gasteiger partial charge on any atom is -0.457 e. The Balaban J connectivity index is 1.59. The third kappa shape index (κ3) is 3.70. The molecule has 0 amide bonds. The summed E-state index contributed by atoms with van der Waals surface area (Å²) in [5.41, 5.74) is 2.28. The van der Waals surface area contributed by atoms with Gasteiger partial charge in [-0.05, 0) is 29.8 Å². The summed E-state index contributed by atoms with van der Waals surface area (Å²) < 4.78 is 5.28. The van der Waals surface area contributed by atoms with Crippen molar-refractivity contribution in [1.29, 1.82) is 0 Å². The van der Waals surface area contributed by atoms with Gasteiger partial charge in [-0.25, -0.2) is 4.79 Å². The van der Waals surface area contributed by atoms with Gasteiger partial charge < -0.3 is 19.8 Å². The van der Waals surface area contributed by atoms with E-state index in [0.717, 1.165) is 11.3 Å². The van der Waals surface area contributed by atoms with Crippen LogP contribution in [0.25, 0.3) is 0 Å². The average Bonchev–Trinajstić information content (AvgIpc) is 2.93. The number of hydrogen-bond acceptors (Lipinski definition) is 5. The van der Waals surface area contributed by atoms with E-state index in [1.165, 1.54) is 0 Å². The van der Waals surface area contributed by atoms with Crippen LogP contribution in [0.1, 0.15) is 15.9 Å². The largest absolute Gasteiger partial charge is 0.457 e. The van der Waals surface area contributed by atoms with Crippen LogP contribution in [0.15, 0.2) is 54.6 Å². The summed E-state index contributed by atoms with van der Waals surface area (Å²) in [5.74, 6) is -0.373. The van der Waals surface area contributed by atoms with Gasteiger partial charge in [-0.1, -0.05) is 30.3 Å². The highest BCUT2D eigenvalue weighted by Crippen LogP contribution is 2.21. The van der Waals surface area contributed by atoms with Gasteiger partial charge in [0.15, 0.2) is 0 Å². The van der Waals surface area contributed by atoms with Crippen molar-refractivity contribution in [3.05, 3.63) is 65.7 Å². The quantitative estimate of drug-likeness (QED) is 0.839. The summed E-state index contributed by atoms with van der Waals surface area (Å²) in [6.45, 7) is 1.02. The molecule has 0 bridgehead atoms. The fraction of sp³-hybridized carbons (Fsp3) is 0.278. The van der Waals surface area contributed by atoms with Crippen molar-refractivity contribution in [3.8, 4) is 0 Å². The van der Waals surface area contributed by atoms with Gasteiger partial charge in [-0.15, -0.1) is 0 Å². The third-order valence-corrected chi connectivity index (χ3v) is 3.94. The average molecular weight is 313 g/mol. The van der Waals surface area contributed by atoms with E-state index in [-0.39, 0.29) is 12.6 Å². The number of benzene rings is 2. The Morgan fingerprint density at radius 1 is 1.00 bits per heavy atom. The van der Waals surface area contributed by atoms with Crippen LogP contribution in [0.4, 0.5) is 5.69 Å². The summed E-state index contributed by atoms with van der Waals surface area (Å²) >= 11 is 0. The smallest absolute Gasteiger partial charge is 0.338 e. The maximum atomic E-state index is 12.0. The highest BCUT2D eigenvalue weighted by molar-refractivity contribution is 5.89. The van der Waals surface area contributed by atoms with Crippen LogP contribution in [-0.2, 0) is 11.3 Å². The Bertz CT molecular complexity index is 646. The number of carbonyl (C=O) groups is 1. The molecule has 1 aliphatic rings. The van der Waals surface area contributed by atoms with Crippen LogP contribution in [0.3, 0.4) is 0 Å². The van der Waals surface area contributed by atoms with Crippen molar-refractivity contribution in [2.45, 2.75) is 18.8 Å². The van der Waals surface area contributed by atoms with Gasteiger partial charge >= 0.3 is 5.97 Å². The van der Waals surface area contributed by atoms with Crippen LogP contribution in [0.5, 0.6) is 0 Å². The molecular formula is C18H19NO4. The molecule has 0 spiro atoms. The summed E-state index contributed by atoms with van der Waals surface area (Å²) in [4.78, 5) is 13.9. The molecule has 0 aliphatic carbocycles. The second kappa shape index (κ2) is 6.81. The SMILES string of the molecule is O=C(OCc1ccccc1)c1ccc(N2C[C@H](O)[C@@H](O)C2)cc1. The number of aliphatic hydroxyl groups is 2. The number of hydrogen-bond donors (Lipinski definition) is 2. The van der Waals surface area contributed by atoms with Crippen molar-refractivity contribution in [2.24, 2.45) is 0 Å². The van der Waals surface area contributed by atoms with E-state index in [1.54, 1.807) is 24.3 Å². The van der Waals surface area contributed by atoms with Gasteiger partial charge in [0.1, 0.15) is 6.61 Å². The summed E-state index contributed by atoms with van der Waals surface area (Å²) in [6.07, 6.45) is -1.46. The predicted molar refractivity (Wildman–Crippen MR) is 86.2 cm³/mol. The normalized spacial score (nSPS) is 20.5. The molecule has 5 heteroatoms. The van der Waals surface area contributed by atoms with E-state index in [9.17, 15) is 15.0 Å². The number of esters is 1. The molecule has 0 radical (unpaired) electrons. The molecule has 2 aromatic rings. The standard InChI is InChI=1S/C18H19NO4/c20-16-10-19(11-17(16)21)15-8-6-14(7-9-15)18(22)23-12-13-4-2-1-3-5-13/h1-9,16-17,20-21H,10-12H2/t16-,17-/m0/s1. The highest BCUT2D eigenvalue weighted by Gasteiger charge is 2.29. The molecule has 23 heavy (non-hydrogen) atoms. The summed E-state index contributed by atoms with van der Waals surface area (Å²) in [5, 5.41) is 19.2. The molecule has 0 aromatic heterocycles. The number of anilines is 1. The molecule has 1 saturated heterocycles. The van der Waals surface area contributed by atoms with Crippen molar-refractivity contribution in [2.75, 3.05) is 18.0 Å². The maximum Gasteiger partial charge on any atom is 0.338 e. The zero-order valence-corrected chi connectivity index (χ0v) is 12.6. The van der Waals surface area contributed by atoms with Gasteiger partial charge in [-0.3, -0.25) is 0 Å². The van der Waals surface area contributed by atoms with Crippen LogP contribution in [0.2, 0.25) is 0 Å². The molecule has 2 aromatic carbocycles. The fourth-order valence-electron chi connectivity index (χ4n) is 2.60. The van der Waals surface area contributed by atoms with Crippen LogP contribution in [-0.4, -0.2) is 41.5 Å². The first-order valence-electron chi connectivity index (χ1n) is 7.55. The lowest BCUT2D eigenvalue weighted by Crippen LogP contribution is -2.22. The Hall–Kier alpha value is -2.37. The van der Waals surface area contributed by atoms with Crippen LogP contribution >= 0.6 is 0 Å². The first kappa shape index (κ1) is 15.5. The number of aliphatic hydroxyl groups excluding tert-OH is 2. The number of ether oxygens (including phenoxy) is 1. The highest BCUT2D eigenvalue weighted by atomic mass is 16.5. The number of carbonyl (C=O) groups excluding carboxylic acids is 1. The third-order valence-electron chi connectivity index (χ3n) is 3.94. The van der Waals surface area contributed by atoms with Gasteiger partial charge in [0.05, 0.1) is 17.8 Å². The Morgan fingerprint density at radius 2 is 1.61 bits per heavy atom. The van der Waals surface area contributed by atoms with Crippen molar-refractivity contribution >= 4 is 11.7 Å². The van der Waals surface area contributed by atoms with Gasteiger partial charge in [0.2, 0.25) is 0 Å². The van der Waals surface area contributed by atoms with E-state index >= 15 is 0 Å². The molecule has 0 saturated carbocycles. The topological polar surface area (TPSA) is 70.0 Å². The zero-order chi connectivity index (χ0) is 16.2. The zero-order valence-electron chi connectivity index (χ0n) is 12.6. The molecule has 1 heterocycles. The van der Waals surface area contributed by atoms with Gasteiger partial charge in [0, 0.05) is 18.8 Å². The molecule has 2 N–H and O–H groups in total. The first-order chi connectivity index (χ1) is 11.1. The van der Waals surface area contributed by atoms with E-state index in [1.807, 2.05) is 35.2 Å². The van der Waals surface area contributed by atoms with Crippen molar-refractivity contribution in [1.82, 2.24) is 0 Å². The van der Waals surface area contributed by atoms with E-state index in [0.29, 0.717) is 18.7 Å². The van der Waals surface area contributed by atoms with Crippen molar-refractivity contribution in [3.63, 3.8) is 0 Å². The lowest BCUT2D eigenvalue weighted by Gasteiger charge is -2.17. The summed E-state index contributed by atoms with van der Waals surface area (Å²) in [7, 11) is 0. The molecule has 3 rings (SSSR count). The molecular weight excluding hydrogens is 294 g/mol. The minimum absolute atomic E-state index is 0.242. The van der Waals surface area contributed by atoms with E-state index < -0.39 is 12.2 Å². The lowest BCUT2D eigenvalue weighted by molar-refractivity contribution is 0.0472. The molecule has 120 valence electrons. The monoisotopic (exact) mass is 313 g/mol. The van der Waals surface area contributed by atoms with Crippen molar-refractivity contribution < 1.29 is 19.7 Å². The fourth-order valence-corrected chi connectivity index (χ4v) is 2.60. The molecule has 1 aliphatic heterocycles. The lowest BCUT2D eigenvalue weighted by atomic mass is 10.2. The Morgan fingerprint density at radius 3 is 2.22 bits per heavy atom. The Kier molecular flexibility index (Phi) is 4.60. The maximum absolute atomic E-state index is 12.0. The first-order valence-corrected chi connectivity index (χ1v) is 7.55.